The van der Waals surface area contributed by atoms with E-state index in [1.165, 1.54) is 32.1 Å². The lowest BCUT2D eigenvalue weighted by Crippen LogP contribution is -2.50. The summed E-state index contributed by atoms with van der Waals surface area (Å²) in [5.41, 5.74) is 0. The zero-order valence-corrected chi connectivity index (χ0v) is 17.9. The van der Waals surface area contributed by atoms with Crippen LogP contribution in [0.1, 0.15) is 97.3 Å². The lowest BCUT2D eigenvalue weighted by Gasteiger charge is -2.27. The van der Waals surface area contributed by atoms with Gasteiger partial charge in [0.15, 0.2) is 5.78 Å². The van der Waals surface area contributed by atoms with Crippen molar-refractivity contribution >= 4 is 5.78 Å². The third kappa shape index (κ3) is 11.5. The van der Waals surface area contributed by atoms with E-state index < -0.39 is 36.8 Å². The van der Waals surface area contributed by atoms with Gasteiger partial charge in [-0.15, -0.1) is 0 Å². The van der Waals surface area contributed by atoms with E-state index in [4.69, 9.17) is 5.11 Å². The number of unbranched alkanes of at least 4 members (excludes halogenated alkanes) is 9. The number of carbonyl (C=O) groups excluding carboxylic acids is 1. The van der Waals surface area contributed by atoms with E-state index in [-0.39, 0.29) is 5.92 Å². The predicted molar refractivity (Wildman–Crippen MR) is 111 cm³/mol. The number of ketones is 1. The van der Waals surface area contributed by atoms with Gasteiger partial charge in [0.2, 0.25) is 0 Å². The van der Waals surface area contributed by atoms with Crippen LogP contribution < -0.4 is 0 Å². The van der Waals surface area contributed by atoms with Crippen molar-refractivity contribution in [3.63, 3.8) is 0 Å². The molecule has 0 saturated carbocycles. The van der Waals surface area contributed by atoms with Gasteiger partial charge < -0.3 is 25.5 Å². The van der Waals surface area contributed by atoms with Crippen LogP contribution in [0.25, 0.3) is 0 Å². The topological polar surface area (TPSA) is 118 Å². The molecule has 0 amide bonds. The van der Waals surface area contributed by atoms with Gasteiger partial charge in [0, 0.05) is 5.92 Å². The Labute approximate surface area is 171 Å². The standard InChI is InChI=1S/C22H44O6/c1-3-5-7-8-9-10-11-13-15-17(14-12-6-4-2)19(25)21(27)22(28)20(26)18(24)16-23/h17-18,20-24,26-28H,3-16H2,1-2H3/t17?,18-,20-,21+,22+/m1/s1. The van der Waals surface area contributed by atoms with Gasteiger partial charge in [0.05, 0.1) is 6.61 Å². The monoisotopic (exact) mass is 404 g/mol. The molecule has 6 heteroatoms. The highest BCUT2D eigenvalue weighted by atomic mass is 16.4. The zero-order valence-electron chi connectivity index (χ0n) is 17.9. The van der Waals surface area contributed by atoms with Gasteiger partial charge in [0.1, 0.15) is 24.4 Å². The van der Waals surface area contributed by atoms with Crippen LogP contribution in [0, 0.1) is 5.92 Å². The highest BCUT2D eigenvalue weighted by Gasteiger charge is 2.36. The summed E-state index contributed by atoms with van der Waals surface area (Å²) in [6, 6.07) is 0. The van der Waals surface area contributed by atoms with E-state index in [1.807, 2.05) is 0 Å². The second-order valence-corrected chi connectivity index (χ2v) is 8.03. The third-order valence-corrected chi connectivity index (χ3v) is 5.51. The zero-order chi connectivity index (χ0) is 21.4. The number of hydrogen-bond acceptors (Lipinski definition) is 6. The van der Waals surface area contributed by atoms with Crippen LogP contribution in [0.15, 0.2) is 0 Å². The maximum Gasteiger partial charge on any atom is 0.167 e. The molecule has 5 N–H and O–H groups in total. The molecule has 0 radical (unpaired) electrons. The first-order valence-electron chi connectivity index (χ1n) is 11.3. The number of hydrogen-bond donors (Lipinski definition) is 5. The van der Waals surface area contributed by atoms with Crippen LogP contribution in [-0.4, -0.2) is 62.3 Å². The van der Waals surface area contributed by atoms with Crippen molar-refractivity contribution in [2.75, 3.05) is 6.61 Å². The van der Waals surface area contributed by atoms with Gasteiger partial charge in [-0.05, 0) is 12.8 Å². The van der Waals surface area contributed by atoms with Crippen molar-refractivity contribution in [3.05, 3.63) is 0 Å². The molecule has 0 aliphatic heterocycles. The second kappa shape index (κ2) is 17.3. The van der Waals surface area contributed by atoms with E-state index >= 15 is 0 Å². The van der Waals surface area contributed by atoms with E-state index in [0.717, 1.165) is 38.5 Å². The van der Waals surface area contributed by atoms with Crippen LogP contribution in [0.3, 0.4) is 0 Å². The van der Waals surface area contributed by atoms with Crippen molar-refractivity contribution in [1.82, 2.24) is 0 Å². The molecule has 0 heterocycles. The smallest absolute Gasteiger partial charge is 0.167 e. The van der Waals surface area contributed by atoms with Gasteiger partial charge in [-0.1, -0.05) is 84.5 Å². The van der Waals surface area contributed by atoms with Crippen molar-refractivity contribution in [3.8, 4) is 0 Å². The molecule has 0 spiro atoms. The molecule has 6 nitrogen and oxygen atoms in total. The number of aliphatic hydroxyl groups is 5. The number of rotatable bonds is 19. The van der Waals surface area contributed by atoms with Crippen LogP contribution in [0.2, 0.25) is 0 Å². The summed E-state index contributed by atoms with van der Waals surface area (Å²) in [6.07, 6.45) is 6.69. The minimum absolute atomic E-state index is 0.352. The molecule has 28 heavy (non-hydrogen) atoms. The SMILES string of the molecule is CCCCCCCCCCC(CCCCC)C(=O)[C@H](O)[C@@H](O)[C@H](O)[C@H](O)CO. The van der Waals surface area contributed by atoms with Gasteiger partial charge in [-0.3, -0.25) is 4.79 Å². The molecule has 0 saturated heterocycles. The highest BCUT2D eigenvalue weighted by Crippen LogP contribution is 2.22. The van der Waals surface area contributed by atoms with Crippen molar-refractivity contribution in [2.24, 2.45) is 5.92 Å². The summed E-state index contributed by atoms with van der Waals surface area (Å²) in [4.78, 5) is 12.7. The minimum Gasteiger partial charge on any atom is -0.394 e. The van der Waals surface area contributed by atoms with Crippen molar-refractivity contribution in [2.45, 2.75) is 122 Å². The van der Waals surface area contributed by atoms with E-state index in [0.29, 0.717) is 12.8 Å². The van der Waals surface area contributed by atoms with Crippen LogP contribution in [0.5, 0.6) is 0 Å². The molecule has 0 aliphatic carbocycles. The Bertz CT molecular complexity index is 376. The molecule has 5 atom stereocenters. The van der Waals surface area contributed by atoms with Crippen LogP contribution in [-0.2, 0) is 4.79 Å². The fourth-order valence-corrected chi connectivity index (χ4v) is 3.53. The molecule has 168 valence electrons. The first-order valence-corrected chi connectivity index (χ1v) is 11.3. The van der Waals surface area contributed by atoms with Gasteiger partial charge in [0.25, 0.3) is 0 Å². The molecular formula is C22H44O6. The number of Topliss-reactive ketones (excluding diaryl/α,β-unsaturated/α-hetero) is 1. The summed E-state index contributed by atoms with van der Waals surface area (Å²) in [7, 11) is 0. The lowest BCUT2D eigenvalue weighted by molar-refractivity contribution is -0.151. The summed E-state index contributed by atoms with van der Waals surface area (Å²) in [6.45, 7) is 3.53. The fraction of sp³-hybridized carbons (Fsp3) is 0.955. The number of carbonyl (C=O) groups is 1. The average Bonchev–Trinajstić information content (AvgIpc) is 2.71. The Kier molecular flexibility index (Phi) is 17.0. The first-order chi connectivity index (χ1) is 13.4. The molecular weight excluding hydrogens is 360 g/mol. The molecule has 0 bridgehead atoms. The van der Waals surface area contributed by atoms with Gasteiger partial charge in [-0.2, -0.15) is 0 Å². The van der Waals surface area contributed by atoms with Gasteiger partial charge >= 0.3 is 0 Å². The number of aliphatic hydroxyl groups excluding tert-OH is 5. The molecule has 0 rings (SSSR count). The van der Waals surface area contributed by atoms with E-state index in [9.17, 15) is 25.2 Å². The Balaban J connectivity index is 4.52. The summed E-state index contributed by atoms with van der Waals surface area (Å²) in [5, 5.41) is 48.3. The Morgan fingerprint density at radius 1 is 0.679 bits per heavy atom. The van der Waals surface area contributed by atoms with E-state index in [1.54, 1.807) is 0 Å². The molecule has 0 aromatic carbocycles. The Morgan fingerprint density at radius 2 is 1.11 bits per heavy atom. The predicted octanol–water partition coefficient (Wildman–Crippen LogP) is 2.72. The second-order valence-electron chi connectivity index (χ2n) is 8.03. The fourth-order valence-electron chi connectivity index (χ4n) is 3.53. The molecule has 0 aromatic heterocycles. The third-order valence-electron chi connectivity index (χ3n) is 5.51. The summed E-state index contributed by atoms with van der Waals surface area (Å²) >= 11 is 0. The highest BCUT2D eigenvalue weighted by molar-refractivity contribution is 5.85. The average molecular weight is 405 g/mol. The van der Waals surface area contributed by atoms with Crippen molar-refractivity contribution in [1.29, 1.82) is 0 Å². The molecule has 0 aromatic rings. The maximum atomic E-state index is 12.7. The maximum absolute atomic E-state index is 12.7. The van der Waals surface area contributed by atoms with Gasteiger partial charge in [-0.25, -0.2) is 0 Å². The molecule has 0 aliphatic rings. The van der Waals surface area contributed by atoms with Crippen molar-refractivity contribution < 1.29 is 30.3 Å². The quantitative estimate of drug-likeness (QED) is 0.211. The lowest BCUT2D eigenvalue weighted by atomic mass is 9.86. The summed E-state index contributed by atoms with van der Waals surface area (Å²) in [5.74, 6) is -0.828. The normalized spacial score (nSPS) is 17.1. The first kappa shape index (κ1) is 27.5. The Morgan fingerprint density at radius 3 is 1.61 bits per heavy atom. The molecule has 1 unspecified atom stereocenters. The summed E-state index contributed by atoms with van der Waals surface area (Å²) < 4.78 is 0. The van der Waals surface area contributed by atoms with Crippen LogP contribution in [0.4, 0.5) is 0 Å². The minimum atomic E-state index is -1.80. The van der Waals surface area contributed by atoms with Crippen LogP contribution >= 0.6 is 0 Å². The van der Waals surface area contributed by atoms with E-state index in [2.05, 4.69) is 13.8 Å². The molecule has 0 fully saturated rings. The Hall–Kier alpha value is -0.530. The largest absolute Gasteiger partial charge is 0.394 e.